The van der Waals surface area contributed by atoms with Crippen LogP contribution in [0.5, 0.6) is 5.75 Å². The number of hydrogen-bond donors (Lipinski definition) is 2. The molecule has 5 nitrogen and oxygen atoms in total. The third-order valence-electron chi connectivity index (χ3n) is 3.41. The first-order chi connectivity index (χ1) is 10.9. The average molecular weight is 509 g/mol. The van der Waals surface area contributed by atoms with E-state index in [1.165, 1.54) is 0 Å². The Labute approximate surface area is 174 Å². The fraction of sp³-hybridized carbons (Fsp3) is 0.533. The molecular formula is C15H21Cl3IN3O2. The van der Waals surface area contributed by atoms with Gasteiger partial charge in [0.25, 0.3) is 0 Å². The van der Waals surface area contributed by atoms with E-state index < -0.39 is 0 Å². The van der Waals surface area contributed by atoms with Crippen LogP contribution in [0, 0.1) is 5.41 Å². The number of ether oxygens (including phenoxy) is 2. The monoisotopic (exact) mass is 507 g/mol. The molecule has 136 valence electrons. The molecule has 1 aliphatic heterocycles. The lowest BCUT2D eigenvalue weighted by Gasteiger charge is -2.38. The zero-order valence-corrected chi connectivity index (χ0v) is 18.1. The fourth-order valence-electron chi connectivity index (χ4n) is 2.06. The third-order valence-corrected chi connectivity index (χ3v) is 4.19. The van der Waals surface area contributed by atoms with Crippen LogP contribution in [-0.4, -0.2) is 45.9 Å². The highest BCUT2D eigenvalue weighted by Crippen LogP contribution is 2.35. The van der Waals surface area contributed by atoms with Crippen LogP contribution in [0.25, 0.3) is 0 Å². The Morgan fingerprint density at radius 1 is 1.25 bits per heavy atom. The minimum absolute atomic E-state index is 0. The van der Waals surface area contributed by atoms with Gasteiger partial charge in [-0.3, -0.25) is 4.99 Å². The summed E-state index contributed by atoms with van der Waals surface area (Å²) in [7, 11) is 1.72. The molecule has 1 saturated heterocycles. The van der Waals surface area contributed by atoms with Crippen molar-refractivity contribution in [2.45, 2.75) is 6.92 Å². The van der Waals surface area contributed by atoms with Crippen molar-refractivity contribution in [1.82, 2.24) is 10.6 Å². The van der Waals surface area contributed by atoms with E-state index in [4.69, 9.17) is 44.3 Å². The predicted octanol–water partition coefficient (Wildman–Crippen LogP) is 3.85. The molecule has 0 amide bonds. The smallest absolute Gasteiger partial charge is 0.191 e. The van der Waals surface area contributed by atoms with Gasteiger partial charge in [-0.25, -0.2) is 0 Å². The van der Waals surface area contributed by atoms with Crippen molar-refractivity contribution in [1.29, 1.82) is 0 Å². The van der Waals surface area contributed by atoms with E-state index in [1.807, 2.05) is 0 Å². The van der Waals surface area contributed by atoms with Crippen LogP contribution in [0.15, 0.2) is 17.1 Å². The van der Waals surface area contributed by atoms with E-state index in [2.05, 4.69) is 22.5 Å². The first-order valence-corrected chi connectivity index (χ1v) is 8.36. The maximum absolute atomic E-state index is 6.06. The molecule has 24 heavy (non-hydrogen) atoms. The molecule has 0 aliphatic carbocycles. The summed E-state index contributed by atoms with van der Waals surface area (Å²) in [6.07, 6.45) is 0. The Balaban J connectivity index is 0.00000288. The summed E-state index contributed by atoms with van der Waals surface area (Å²) in [4.78, 5) is 4.17. The molecule has 2 rings (SSSR count). The first kappa shape index (κ1) is 21.9. The molecule has 1 aromatic rings. The molecule has 0 atom stereocenters. The molecule has 1 heterocycles. The highest BCUT2D eigenvalue weighted by atomic mass is 127. The van der Waals surface area contributed by atoms with Crippen molar-refractivity contribution in [2.24, 2.45) is 10.4 Å². The molecule has 1 fully saturated rings. The second kappa shape index (κ2) is 10.1. The number of benzene rings is 1. The summed E-state index contributed by atoms with van der Waals surface area (Å²) in [5.41, 5.74) is 0.179. The molecule has 0 aromatic heterocycles. The minimum atomic E-state index is 0. The highest BCUT2D eigenvalue weighted by molar-refractivity contribution is 14.0. The standard InChI is InChI=1S/C15H20Cl3N3O2.HI/c1-15(8-22-9-15)7-21-14(19-2)20-3-4-23-13-11(17)5-10(16)6-12(13)18;/h5-6H,3-4,7-9H2,1-2H3,(H2,19,20,21);1H. The molecule has 0 saturated carbocycles. The summed E-state index contributed by atoms with van der Waals surface area (Å²) in [5.74, 6) is 1.15. The van der Waals surface area contributed by atoms with Gasteiger partial charge in [-0.1, -0.05) is 41.7 Å². The lowest BCUT2D eigenvalue weighted by atomic mass is 9.89. The normalized spacial score (nSPS) is 16.0. The lowest BCUT2D eigenvalue weighted by Crippen LogP contribution is -2.51. The maximum atomic E-state index is 6.06. The van der Waals surface area contributed by atoms with Gasteiger partial charge in [-0.05, 0) is 12.1 Å². The number of hydrogen-bond acceptors (Lipinski definition) is 3. The van der Waals surface area contributed by atoms with Crippen LogP contribution in [0.1, 0.15) is 6.92 Å². The number of nitrogens with one attached hydrogen (secondary N) is 2. The topological polar surface area (TPSA) is 54.9 Å². The van der Waals surface area contributed by atoms with Crippen molar-refractivity contribution in [3.8, 4) is 5.75 Å². The van der Waals surface area contributed by atoms with Crippen molar-refractivity contribution in [2.75, 3.05) is 40.0 Å². The quantitative estimate of drug-likeness (QED) is 0.265. The van der Waals surface area contributed by atoms with Crippen molar-refractivity contribution < 1.29 is 9.47 Å². The summed E-state index contributed by atoms with van der Waals surface area (Å²) < 4.78 is 10.8. The minimum Gasteiger partial charge on any atom is -0.489 e. The highest BCUT2D eigenvalue weighted by Gasteiger charge is 2.33. The van der Waals surface area contributed by atoms with Crippen LogP contribution in [-0.2, 0) is 4.74 Å². The largest absolute Gasteiger partial charge is 0.489 e. The van der Waals surface area contributed by atoms with Gasteiger partial charge in [0.2, 0.25) is 0 Å². The second-order valence-corrected chi connectivity index (χ2v) is 6.95. The second-order valence-electron chi connectivity index (χ2n) is 5.70. The summed E-state index contributed by atoms with van der Waals surface area (Å²) in [6.45, 7) is 5.47. The molecule has 2 N–H and O–H groups in total. The van der Waals surface area contributed by atoms with Gasteiger partial charge in [0.05, 0.1) is 29.8 Å². The van der Waals surface area contributed by atoms with E-state index in [1.54, 1.807) is 19.2 Å². The van der Waals surface area contributed by atoms with Crippen LogP contribution >= 0.6 is 58.8 Å². The average Bonchev–Trinajstić information content (AvgIpc) is 2.46. The van der Waals surface area contributed by atoms with Crippen molar-refractivity contribution in [3.63, 3.8) is 0 Å². The van der Waals surface area contributed by atoms with Gasteiger partial charge >= 0.3 is 0 Å². The van der Waals surface area contributed by atoms with Crippen LogP contribution in [0.2, 0.25) is 15.1 Å². The molecular weight excluding hydrogens is 487 g/mol. The Morgan fingerprint density at radius 2 is 1.88 bits per heavy atom. The number of aliphatic imine (C=N–C) groups is 1. The van der Waals surface area contributed by atoms with Gasteiger partial charge in [0.1, 0.15) is 6.61 Å². The summed E-state index contributed by atoms with van der Waals surface area (Å²) in [6, 6.07) is 3.19. The molecule has 1 aliphatic rings. The summed E-state index contributed by atoms with van der Waals surface area (Å²) in [5, 5.41) is 7.70. The zero-order chi connectivity index (χ0) is 16.9. The van der Waals surface area contributed by atoms with Gasteiger partial charge in [0, 0.05) is 24.0 Å². The molecule has 0 radical (unpaired) electrons. The lowest BCUT2D eigenvalue weighted by molar-refractivity contribution is -0.0971. The maximum Gasteiger partial charge on any atom is 0.191 e. The van der Waals surface area contributed by atoms with E-state index >= 15 is 0 Å². The van der Waals surface area contributed by atoms with E-state index in [9.17, 15) is 0 Å². The van der Waals surface area contributed by atoms with E-state index in [0.29, 0.717) is 34.0 Å². The van der Waals surface area contributed by atoms with Gasteiger partial charge in [-0.15, -0.1) is 24.0 Å². The van der Waals surface area contributed by atoms with Crippen LogP contribution in [0.4, 0.5) is 0 Å². The number of guanidine groups is 1. The fourth-order valence-corrected chi connectivity index (χ4v) is 2.99. The number of rotatable bonds is 6. The van der Waals surface area contributed by atoms with Crippen LogP contribution < -0.4 is 15.4 Å². The molecule has 0 bridgehead atoms. The molecule has 1 aromatic carbocycles. The Kier molecular flexibility index (Phi) is 9.22. The number of halogens is 4. The van der Waals surface area contributed by atoms with Crippen molar-refractivity contribution >= 4 is 64.7 Å². The molecule has 0 spiro atoms. The van der Waals surface area contributed by atoms with E-state index in [-0.39, 0.29) is 29.4 Å². The van der Waals surface area contributed by atoms with Gasteiger partial charge < -0.3 is 20.1 Å². The molecule has 9 heteroatoms. The third kappa shape index (κ3) is 6.29. The Hall–Kier alpha value is -0.150. The Bertz CT molecular complexity index is 560. The first-order valence-electron chi connectivity index (χ1n) is 7.23. The Morgan fingerprint density at radius 3 is 2.38 bits per heavy atom. The zero-order valence-electron chi connectivity index (χ0n) is 13.5. The van der Waals surface area contributed by atoms with Crippen LogP contribution in [0.3, 0.4) is 0 Å². The number of nitrogens with zero attached hydrogens (tertiary/aromatic N) is 1. The van der Waals surface area contributed by atoms with Gasteiger partial charge in [-0.2, -0.15) is 0 Å². The van der Waals surface area contributed by atoms with E-state index in [0.717, 1.165) is 25.7 Å². The summed E-state index contributed by atoms with van der Waals surface area (Å²) >= 11 is 18.0. The van der Waals surface area contributed by atoms with Crippen molar-refractivity contribution in [3.05, 3.63) is 27.2 Å². The van der Waals surface area contributed by atoms with Gasteiger partial charge in [0.15, 0.2) is 11.7 Å². The molecule has 0 unspecified atom stereocenters. The predicted molar refractivity (Wildman–Crippen MR) is 111 cm³/mol. The SMILES string of the molecule is CN=C(NCCOc1c(Cl)cc(Cl)cc1Cl)NCC1(C)COC1.I.